The summed E-state index contributed by atoms with van der Waals surface area (Å²) < 4.78 is 12.0. The Bertz CT molecular complexity index is 1250. The van der Waals surface area contributed by atoms with Crippen molar-refractivity contribution in [3.63, 3.8) is 0 Å². The number of nitriles is 2. The number of carbonyl (C=O) groups excluding carboxylic acids is 2. The van der Waals surface area contributed by atoms with Crippen molar-refractivity contribution in [1.82, 2.24) is 10.1 Å². The van der Waals surface area contributed by atoms with E-state index >= 15 is 0 Å². The third-order valence-electron chi connectivity index (χ3n) is 11.7. The molecule has 0 aromatic rings. The van der Waals surface area contributed by atoms with Crippen molar-refractivity contribution in [1.29, 1.82) is 10.5 Å². The van der Waals surface area contributed by atoms with Crippen molar-refractivity contribution in [3.05, 3.63) is 0 Å². The first kappa shape index (κ1) is 51.5. The molecule has 2 saturated heterocycles. The van der Waals surface area contributed by atoms with Crippen LogP contribution in [-0.4, -0.2) is 80.7 Å². The summed E-state index contributed by atoms with van der Waals surface area (Å²) >= 11 is 0. The predicted octanol–water partition coefficient (Wildman–Crippen LogP) is 11.3. The second-order valence-electron chi connectivity index (χ2n) is 20.1. The fourth-order valence-corrected chi connectivity index (χ4v) is 8.94. The summed E-state index contributed by atoms with van der Waals surface area (Å²) in [6, 6.07) is 4.32. The maximum Gasteiger partial charge on any atom is 0.306 e. The molecule has 12 heteroatoms. The molecule has 0 amide bonds. The van der Waals surface area contributed by atoms with Crippen LogP contribution in [0.5, 0.6) is 0 Å². The van der Waals surface area contributed by atoms with Gasteiger partial charge in [-0.3, -0.25) is 19.3 Å². The van der Waals surface area contributed by atoms with Crippen molar-refractivity contribution < 1.29 is 28.7 Å². The SMILES string of the molecule is CCCCCCCCON1C(C)(C)CC(OC(=O)CCC(C)(C#N)N=NC(C)(C#N)CCC(=O)OC2CC(C)(C)N(OCCCCCCCC)C(C)(C)C2)CC1(C)C. The van der Waals surface area contributed by atoms with Crippen LogP contribution in [0.1, 0.15) is 212 Å². The fourth-order valence-electron chi connectivity index (χ4n) is 8.94. The summed E-state index contributed by atoms with van der Waals surface area (Å²) in [6.07, 6.45) is 16.4. The van der Waals surface area contributed by atoms with Crippen LogP contribution in [0.2, 0.25) is 0 Å². The fraction of sp³-hybridized carbons (Fsp3) is 0.913. The maximum atomic E-state index is 13.1. The van der Waals surface area contributed by atoms with Crippen molar-refractivity contribution in [2.24, 2.45) is 10.2 Å². The molecule has 0 saturated carbocycles. The first-order valence-electron chi connectivity index (χ1n) is 22.6. The average molecular weight is 815 g/mol. The summed E-state index contributed by atoms with van der Waals surface area (Å²) in [7, 11) is 0. The van der Waals surface area contributed by atoms with E-state index in [1.165, 1.54) is 51.4 Å². The van der Waals surface area contributed by atoms with E-state index in [0.717, 1.165) is 25.7 Å². The number of rotatable bonds is 26. The highest BCUT2D eigenvalue weighted by atomic mass is 16.7. The highest BCUT2D eigenvalue weighted by Gasteiger charge is 2.49. The summed E-state index contributed by atoms with van der Waals surface area (Å²) in [5.74, 6) is -0.802. The molecule has 0 radical (unpaired) electrons. The van der Waals surface area contributed by atoms with Crippen LogP contribution >= 0.6 is 0 Å². The Morgan fingerprint density at radius 1 is 0.569 bits per heavy atom. The summed E-state index contributed by atoms with van der Waals surface area (Å²) in [4.78, 5) is 38.9. The van der Waals surface area contributed by atoms with Crippen LogP contribution in [0.3, 0.4) is 0 Å². The molecule has 58 heavy (non-hydrogen) atoms. The third-order valence-corrected chi connectivity index (χ3v) is 11.7. The van der Waals surface area contributed by atoms with Gasteiger partial charge in [0.25, 0.3) is 0 Å². The highest BCUT2D eigenvalue weighted by Crippen LogP contribution is 2.41. The number of nitrogens with zero attached hydrogens (tertiary/aromatic N) is 6. The number of hydroxylamine groups is 4. The molecule has 0 spiro atoms. The minimum absolute atomic E-state index is 0.0239. The number of carbonyl (C=O) groups is 2. The van der Waals surface area contributed by atoms with Gasteiger partial charge in [0.1, 0.15) is 12.2 Å². The van der Waals surface area contributed by atoms with Gasteiger partial charge in [0.05, 0.1) is 25.4 Å². The van der Waals surface area contributed by atoms with Gasteiger partial charge in [-0.15, -0.1) is 0 Å². The van der Waals surface area contributed by atoms with Gasteiger partial charge in [0.2, 0.25) is 0 Å². The van der Waals surface area contributed by atoms with Gasteiger partial charge >= 0.3 is 11.9 Å². The van der Waals surface area contributed by atoms with Gasteiger partial charge < -0.3 is 9.47 Å². The smallest absolute Gasteiger partial charge is 0.306 e. The number of hydrogen-bond donors (Lipinski definition) is 0. The van der Waals surface area contributed by atoms with Crippen LogP contribution < -0.4 is 0 Å². The molecule has 332 valence electrons. The molecule has 2 rings (SSSR count). The standard InChI is InChI=1S/C46H82N6O6/c1-13-15-17-19-21-23-29-55-51-41(3,4)31-37(32-42(51,5)6)57-39(53)25-27-45(11,35-47)49-50-46(12,36-48)28-26-40(54)58-38-33-43(7,8)52(44(9,10)34-38)56-30-24-22-20-18-16-14-2/h37-38H,13-34H2,1-12H3. The zero-order valence-corrected chi connectivity index (χ0v) is 38.8. The Morgan fingerprint density at radius 3 is 1.16 bits per heavy atom. The Labute approximate surface area is 353 Å². The average Bonchev–Trinajstić information content (AvgIpc) is 3.12. The molecule has 0 aromatic heterocycles. The van der Waals surface area contributed by atoms with Gasteiger partial charge in [0.15, 0.2) is 11.1 Å². The Balaban J connectivity index is 1.88. The quantitative estimate of drug-likeness (QED) is 0.0469. The molecule has 0 N–H and O–H groups in total. The number of unbranched alkanes of at least 4 members (excludes halogenated alkanes) is 10. The minimum atomic E-state index is -1.35. The number of esters is 2. The molecular formula is C46H82N6O6. The molecule has 0 aromatic carbocycles. The number of azo groups is 1. The minimum Gasteiger partial charge on any atom is -0.462 e. The van der Waals surface area contributed by atoms with Crippen molar-refractivity contribution >= 4 is 11.9 Å². The van der Waals surface area contributed by atoms with Crippen LogP contribution in [-0.2, 0) is 28.7 Å². The van der Waals surface area contributed by atoms with Gasteiger partial charge in [-0.2, -0.15) is 30.9 Å². The topological polar surface area (TPSA) is 150 Å². The zero-order chi connectivity index (χ0) is 43.7. The Kier molecular flexibility index (Phi) is 20.8. The molecule has 2 atom stereocenters. The Hall–Kier alpha value is -2.64. The summed E-state index contributed by atoms with van der Waals surface area (Å²) in [5.41, 5.74) is -4.08. The normalized spacial score (nSPS) is 21.8. The van der Waals surface area contributed by atoms with E-state index in [0.29, 0.717) is 38.9 Å². The molecule has 2 aliphatic rings. The lowest BCUT2D eigenvalue weighted by Gasteiger charge is -2.53. The van der Waals surface area contributed by atoms with Gasteiger partial charge in [-0.25, -0.2) is 0 Å². The van der Waals surface area contributed by atoms with E-state index in [1.807, 2.05) is 0 Å². The van der Waals surface area contributed by atoms with E-state index in [9.17, 15) is 20.1 Å². The van der Waals surface area contributed by atoms with Crippen molar-refractivity contribution in [2.75, 3.05) is 13.2 Å². The zero-order valence-electron chi connectivity index (χ0n) is 38.8. The molecular weight excluding hydrogens is 733 g/mol. The molecule has 0 bridgehead atoms. The molecule has 12 nitrogen and oxygen atoms in total. The molecule has 0 aliphatic carbocycles. The predicted molar refractivity (Wildman–Crippen MR) is 228 cm³/mol. The summed E-state index contributed by atoms with van der Waals surface area (Å²) in [5, 5.41) is 32.8. The third kappa shape index (κ3) is 17.1. The number of hydrogen-bond acceptors (Lipinski definition) is 12. The second kappa shape index (κ2) is 23.4. The molecule has 2 fully saturated rings. The van der Waals surface area contributed by atoms with Crippen LogP contribution in [0.15, 0.2) is 10.2 Å². The first-order chi connectivity index (χ1) is 27.1. The van der Waals surface area contributed by atoms with E-state index < -0.39 is 23.0 Å². The lowest BCUT2D eigenvalue weighted by atomic mass is 9.80. The summed E-state index contributed by atoms with van der Waals surface area (Å²) in [6.45, 7) is 25.9. The second-order valence-corrected chi connectivity index (χ2v) is 20.1. The maximum absolute atomic E-state index is 13.1. The van der Waals surface area contributed by atoms with E-state index in [-0.39, 0.29) is 60.0 Å². The Morgan fingerprint density at radius 2 is 0.862 bits per heavy atom. The van der Waals surface area contributed by atoms with Crippen LogP contribution in [0.4, 0.5) is 0 Å². The number of ether oxygens (including phenoxy) is 2. The molecule has 2 heterocycles. The van der Waals surface area contributed by atoms with Crippen molar-refractivity contribution in [2.45, 2.75) is 257 Å². The van der Waals surface area contributed by atoms with Crippen molar-refractivity contribution in [3.8, 4) is 12.1 Å². The first-order valence-corrected chi connectivity index (χ1v) is 22.6. The van der Waals surface area contributed by atoms with Gasteiger partial charge in [-0.1, -0.05) is 78.1 Å². The van der Waals surface area contributed by atoms with Crippen LogP contribution in [0, 0.1) is 22.7 Å². The monoisotopic (exact) mass is 815 g/mol. The van der Waals surface area contributed by atoms with Gasteiger partial charge in [-0.05, 0) is 94.9 Å². The lowest BCUT2D eigenvalue weighted by Crippen LogP contribution is -2.62. The lowest BCUT2D eigenvalue weighted by molar-refractivity contribution is -0.293. The van der Waals surface area contributed by atoms with Crippen LogP contribution in [0.25, 0.3) is 0 Å². The number of piperidine rings is 2. The molecule has 2 aliphatic heterocycles. The van der Waals surface area contributed by atoms with Gasteiger partial charge in [0, 0.05) is 60.7 Å². The largest absolute Gasteiger partial charge is 0.462 e. The van der Waals surface area contributed by atoms with E-state index in [4.69, 9.17) is 19.1 Å². The van der Waals surface area contributed by atoms with E-state index in [2.05, 4.69) is 102 Å². The highest BCUT2D eigenvalue weighted by molar-refractivity contribution is 5.70. The molecule has 2 unspecified atom stereocenters. The van der Waals surface area contributed by atoms with E-state index in [1.54, 1.807) is 13.8 Å².